The summed E-state index contributed by atoms with van der Waals surface area (Å²) in [4.78, 5) is 8.30. The van der Waals surface area contributed by atoms with Crippen molar-refractivity contribution in [2.45, 2.75) is 31.9 Å². The summed E-state index contributed by atoms with van der Waals surface area (Å²) in [5, 5.41) is 3.21. The first-order chi connectivity index (χ1) is 9.42. The number of aromatic nitrogens is 2. The van der Waals surface area contributed by atoms with Gasteiger partial charge < -0.3 is 10.1 Å². The third-order valence-corrected chi connectivity index (χ3v) is 3.32. The Morgan fingerprint density at radius 3 is 2.63 bits per heavy atom. The second-order valence-corrected chi connectivity index (χ2v) is 4.70. The SMILES string of the molecule is c1cnc(NCc2ccccc2OC2CCC2)nc1. The molecule has 1 aromatic heterocycles. The van der Waals surface area contributed by atoms with Crippen LogP contribution in [0.2, 0.25) is 0 Å². The summed E-state index contributed by atoms with van der Waals surface area (Å²) in [6.07, 6.45) is 7.47. The van der Waals surface area contributed by atoms with Crippen molar-refractivity contribution < 1.29 is 4.74 Å². The number of rotatable bonds is 5. The van der Waals surface area contributed by atoms with Crippen LogP contribution in [0.4, 0.5) is 5.95 Å². The van der Waals surface area contributed by atoms with E-state index in [1.54, 1.807) is 18.5 Å². The summed E-state index contributed by atoms with van der Waals surface area (Å²) in [7, 11) is 0. The summed E-state index contributed by atoms with van der Waals surface area (Å²) in [6.45, 7) is 0.674. The van der Waals surface area contributed by atoms with Gasteiger partial charge in [0.15, 0.2) is 0 Å². The fraction of sp³-hybridized carbons (Fsp3) is 0.333. The minimum Gasteiger partial charge on any atom is -0.490 e. The van der Waals surface area contributed by atoms with E-state index >= 15 is 0 Å². The van der Waals surface area contributed by atoms with Crippen LogP contribution in [0.25, 0.3) is 0 Å². The first-order valence-electron chi connectivity index (χ1n) is 6.67. The molecule has 1 aliphatic rings. The number of nitrogens with one attached hydrogen (secondary N) is 1. The van der Waals surface area contributed by atoms with Crippen LogP contribution >= 0.6 is 0 Å². The Hall–Kier alpha value is -2.10. The van der Waals surface area contributed by atoms with Gasteiger partial charge >= 0.3 is 0 Å². The zero-order valence-corrected chi connectivity index (χ0v) is 10.7. The first kappa shape index (κ1) is 12.0. The van der Waals surface area contributed by atoms with Gasteiger partial charge in [-0.05, 0) is 31.4 Å². The van der Waals surface area contributed by atoms with Gasteiger partial charge in [0.25, 0.3) is 0 Å². The number of anilines is 1. The normalized spacial score (nSPS) is 14.7. The molecule has 4 heteroatoms. The Morgan fingerprint density at radius 1 is 1.11 bits per heavy atom. The number of para-hydroxylation sites is 1. The number of hydrogen-bond donors (Lipinski definition) is 1. The van der Waals surface area contributed by atoms with Crippen molar-refractivity contribution >= 4 is 5.95 Å². The third-order valence-electron chi connectivity index (χ3n) is 3.32. The molecule has 0 unspecified atom stereocenters. The number of ether oxygens (including phenoxy) is 1. The van der Waals surface area contributed by atoms with Crippen LogP contribution in [0.1, 0.15) is 24.8 Å². The van der Waals surface area contributed by atoms with E-state index in [0.717, 1.165) is 11.3 Å². The van der Waals surface area contributed by atoms with Crippen LogP contribution in [0.5, 0.6) is 5.75 Å². The highest BCUT2D eigenvalue weighted by Gasteiger charge is 2.20. The van der Waals surface area contributed by atoms with Gasteiger partial charge in [-0.3, -0.25) is 0 Å². The van der Waals surface area contributed by atoms with Crippen LogP contribution in [0.3, 0.4) is 0 Å². The van der Waals surface area contributed by atoms with Crippen LogP contribution in [-0.4, -0.2) is 16.1 Å². The highest BCUT2D eigenvalue weighted by molar-refractivity contribution is 5.36. The van der Waals surface area contributed by atoms with Crippen molar-refractivity contribution in [3.8, 4) is 5.75 Å². The van der Waals surface area contributed by atoms with Crippen LogP contribution in [0.15, 0.2) is 42.7 Å². The molecule has 1 saturated carbocycles. The van der Waals surface area contributed by atoms with E-state index in [1.807, 2.05) is 18.2 Å². The molecule has 0 amide bonds. The van der Waals surface area contributed by atoms with E-state index in [-0.39, 0.29) is 0 Å². The van der Waals surface area contributed by atoms with Crippen molar-refractivity contribution in [2.75, 3.05) is 5.32 Å². The van der Waals surface area contributed by atoms with Crippen molar-refractivity contribution in [1.82, 2.24) is 9.97 Å². The lowest BCUT2D eigenvalue weighted by molar-refractivity contribution is 0.119. The van der Waals surface area contributed by atoms with Gasteiger partial charge in [-0.15, -0.1) is 0 Å². The standard InChI is InChI=1S/C15H17N3O/c1-2-8-14(19-13-6-3-7-13)12(5-1)11-18-15-16-9-4-10-17-15/h1-2,4-5,8-10,13H,3,6-7,11H2,(H,16,17,18). The molecule has 19 heavy (non-hydrogen) atoms. The molecule has 1 aliphatic carbocycles. The molecule has 0 spiro atoms. The average Bonchev–Trinajstić information content (AvgIpc) is 2.43. The smallest absolute Gasteiger partial charge is 0.222 e. The van der Waals surface area contributed by atoms with Gasteiger partial charge in [-0.25, -0.2) is 9.97 Å². The van der Waals surface area contributed by atoms with E-state index in [2.05, 4.69) is 21.4 Å². The van der Waals surface area contributed by atoms with Crippen molar-refractivity contribution in [1.29, 1.82) is 0 Å². The second-order valence-electron chi connectivity index (χ2n) is 4.70. The molecule has 1 fully saturated rings. The number of nitrogens with zero attached hydrogens (tertiary/aromatic N) is 2. The van der Waals surface area contributed by atoms with Crippen LogP contribution in [-0.2, 0) is 6.54 Å². The zero-order valence-electron chi connectivity index (χ0n) is 10.7. The quantitative estimate of drug-likeness (QED) is 0.892. The van der Waals surface area contributed by atoms with Gasteiger partial charge in [0.1, 0.15) is 5.75 Å². The van der Waals surface area contributed by atoms with E-state index in [1.165, 1.54) is 19.3 Å². The summed E-state index contributed by atoms with van der Waals surface area (Å²) in [5.41, 5.74) is 1.14. The molecule has 2 aromatic rings. The number of benzene rings is 1. The maximum atomic E-state index is 5.99. The molecule has 0 saturated heterocycles. The van der Waals surface area contributed by atoms with Crippen LogP contribution < -0.4 is 10.1 Å². The molecule has 0 bridgehead atoms. The molecule has 3 rings (SSSR count). The summed E-state index contributed by atoms with van der Waals surface area (Å²) in [6, 6.07) is 9.94. The molecular formula is C15H17N3O. The predicted octanol–water partition coefficient (Wildman–Crippen LogP) is 3.02. The maximum Gasteiger partial charge on any atom is 0.222 e. The average molecular weight is 255 g/mol. The van der Waals surface area contributed by atoms with Gasteiger partial charge in [0.05, 0.1) is 6.10 Å². The lowest BCUT2D eigenvalue weighted by Gasteiger charge is -2.27. The second kappa shape index (κ2) is 5.69. The van der Waals surface area contributed by atoms with E-state index in [4.69, 9.17) is 4.74 Å². The van der Waals surface area contributed by atoms with E-state index < -0.39 is 0 Å². The fourth-order valence-corrected chi connectivity index (χ4v) is 2.00. The lowest BCUT2D eigenvalue weighted by atomic mass is 9.96. The maximum absolute atomic E-state index is 5.99. The molecule has 98 valence electrons. The summed E-state index contributed by atoms with van der Waals surface area (Å²) in [5.74, 6) is 1.61. The number of hydrogen-bond acceptors (Lipinski definition) is 4. The Kier molecular flexibility index (Phi) is 3.58. The highest BCUT2D eigenvalue weighted by atomic mass is 16.5. The molecule has 0 aliphatic heterocycles. The minimum atomic E-state index is 0.397. The van der Waals surface area contributed by atoms with Crippen LogP contribution in [0, 0.1) is 0 Å². The Balaban J connectivity index is 1.66. The van der Waals surface area contributed by atoms with Gasteiger partial charge in [-0.2, -0.15) is 0 Å². The topological polar surface area (TPSA) is 47.0 Å². The molecule has 1 aromatic carbocycles. The van der Waals surface area contributed by atoms with E-state index in [0.29, 0.717) is 18.6 Å². The molecular weight excluding hydrogens is 238 g/mol. The van der Waals surface area contributed by atoms with E-state index in [9.17, 15) is 0 Å². The Morgan fingerprint density at radius 2 is 1.89 bits per heavy atom. The Labute approximate surface area is 112 Å². The van der Waals surface area contributed by atoms with Gasteiger partial charge in [0.2, 0.25) is 5.95 Å². The molecule has 0 radical (unpaired) electrons. The first-order valence-corrected chi connectivity index (χ1v) is 6.67. The largest absolute Gasteiger partial charge is 0.490 e. The summed E-state index contributed by atoms with van der Waals surface area (Å²) < 4.78 is 5.99. The van der Waals surface area contributed by atoms with Gasteiger partial charge in [-0.1, -0.05) is 18.2 Å². The predicted molar refractivity (Wildman–Crippen MR) is 74.1 cm³/mol. The van der Waals surface area contributed by atoms with Crippen molar-refractivity contribution in [2.24, 2.45) is 0 Å². The highest BCUT2D eigenvalue weighted by Crippen LogP contribution is 2.27. The van der Waals surface area contributed by atoms with Gasteiger partial charge in [0, 0.05) is 24.5 Å². The molecule has 1 heterocycles. The fourth-order valence-electron chi connectivity index (χ4n) is 2.00. The van der Waals surface area contributed by atoms with Crippen molar-refractivity contribution in [3.05, 3.63) is 48.3 Å². The Bertz CT molecular complexity index is 526. The third kappa shape index (κ3) is 3.02. The molecule has 0 atom stereocenters. The molecule has 1 N–H and O–H groups in total. The monoisotopic (exact) mass is 255 g/mol. The van der Waals surface area contributed by atoms with Crippen molar-refractivity contribution in [3.63, 3.8) is 0 Å². The molecule has 4 nitrogen and oxygen atoms in total. The lowest BCUT2D eigenvalue weighted by Crippen LogP contribution is -2.25. The zero-order chi connectivity index (χ0) is 12.9. The summed E-state index contributed by atoms with van der Waals surface area (Å²) >= 11 is 0. The minimum absolute atomic E-state index is 0.397.